The number of fused-ring (bicyclic) bond motifs is 1. The molecule has 0 nitrogen and oxygen atoms in total. The van der Waals surface area contributed by atoms with E-state index < -0.39 is 11.7 Å². The first kappa shape index (κ1) is 20.4. The van der Waals surface area contributed by atoms with Crippen LogP contribution in [0.3, 0.4) is 0 Å². The minimum absolute atomic E-state index is 0.172. The van der Waals surface area contributed by atoms with Crippen molar-refractivity contribution in [2.75, 3.05) is 0 Å². The molecule has 0 saturated heterocycles. The van der Waals surface area contributed by atoms with E-state index in [-0.39, 0.29) is 17.3 Å². The van der Waals surface area contributed by atoms with Crippen LogP contribution in [0.25, 0.3) is 22.7 Å². The van der Waals surface area contributed by atoms with Gasteiger partial charge in [-0.2, -0.15) is 0 Å². The summed E-state index contributed by atoms with van der Waals surface area (Å²) in [6.45, 7) is 5.60. The predicted octanol–water partition coefficient (Wildman–Crippen LogP) is 8.39. The van der Waals surface area contributed by atoms with Gasteiger partial charge < -0.3 is 0 Å². The fraction of sp³-hybridized carbons (Fsp3) is 0.360. The normalized spacial score (nSPS) is 21.1. The molecule has 2 aromatic rings. The first-order valence-corrected chi connectivity index (χ1v) is 10.1. The Labute approximate surface area is 165 Å². The van der Waals surface area contributed by atoms with Gasteiger partial charge in [-0.25, -0.2) is 13.2 Å². The van der Waals surface area contributed by atoms with Crippen molar-refractivity contribution in [2.45, 2.75) is 45.4 Å². The topological polar surface area (TPSA) is 0 Å². The Morgan fingerprint density at radius 1 is 1.11 bits per heavy atom. The number of rotatable bonds is 6. The van der Waals surface area contributed by atoms with Gasteiger partial charge in [0.1, 0.15) is 11.6 Å². The van der Waals surface area contributed by atoms with E-state index in [0.29, 0.717) is 35.1 Å². The highest BCUT2D eigenvalue weighted by atomic mass is 19.2. The van der Waals surface area contributed by atoms with Crippen LogP contribution in [0, 0.1) is 17.7 Å². The molecule has 28 heavy (non-hydrogen) atoms. The van der Waals surface area contributed by atoms with E-state index in [0.717, 1.165) is 25.7 Å². The lowest BCUT2D eigenvalue weighted by Crippen LogP contribution is -2.15. The number of allylic oxidation sites excluding steroid dienone is 3. The van der Waals surface area contributed by atoms with Crippen LogP contribution in [-0.2, 0) is 0 Å². The third kappa shape index (κ3) is 4.40. The smallest absolute Gasteiger partial charge is 0.162 e. The van der Waals surface area contributed by atoms with Crippen molar-refractivity contribution in [3.63, 3.8) is 0 Å². The first-order chi connectivity index (χ1) is 13.5. The lowest BCUT2D eigenvalue weighted by atomic mass is 9.79. The molecule has 2 aromatic carbocycles. The Morgan fingerprint density at radius 3 is 2.54 bits per heavy atom. The maximum absolute atomic E-state index is 14.8. The van der Waals surface area contributed by atoms with E-state index >= 15 is 0 Å². The molecule has 0 aliphatic heterocycles. The zero-order valence-electron chi connectivity index (χ0n) is 16.4. The molecule has 1 aliphatic carbocycles. The Balaban J connectivity index is 1.76. The molecule has 1 aliphatic rings. The molecule has 0 atom stereocenters. The van der Waals surface area contributed by atoms with E-state index in [1.807, 2.05) is 6.92 Å². The van der Waals surface area contributed by atoms with E-state index in [9.17, 15) is 13.2 Å². The summed E-state index contributed by atoms with van der Waals surface area (Å²) >= 11 is 0. The fourth-order valence-electron chi connectivity index (χ4n) is 4.12. The summed E-state index contributed by atoms with van der Waals surface area (Å²) < 4.78 is 44.0. The van der Waals surface area contributed by atoms with Crippen LogP contribution in [0.5, 0.6) is 0 Å². The molecule has 1 saturated carbocycles. The summed E-state index contributed by atoms with van der Waals surface area (Å²) in [5.41, 5.74) is 0.569. The molecule has 0 radical (unpaired) electrons. The van der Waals surface area contributed by atoms with Gasteiger partial charge in [0.05, 0.1) is 0 Å². The predicted molar refractivity (Wildman–Crippen MR) is 113 cm³/mol. The molecule has 148 valence electrons. The number of halogens is 3. The van der Waals surface area contributed by atoms with Crippen molar-refractivity contribution in [1.82, 2.24) is 0 Å². The molecular weight excluding hydrogens is 357 g/mol. The lowest BCUT2D eigenvalue weighted by Gasteiger charge is -2.27. The van der Waals surface area contributed by atoms with Gasteiger partial charge in [0.25, 0.3) is 0 Å². The second kappa shape index (κ2) is 9.27. The molecule has 0 unspecified atom stereocenters. The average Bonchev–Trinajstić information content (AvgIpc) is 2.73. The lowest BCUT2D eigenvalue weighted by molar-refractivity contribution is 0.263. The van der Waals surface area contributed by atoms with Gasteiger partial charge in [-0.15, -0.1) is 0 Å². The van der Waals surface area contributed by atoms with E-state index in [2.05, 4.69) is 18.7 Å². The fourth-order valence-corrected chi connectivity index (χ4v) is 4.12. The second-order valence-corrected chi connectivity index (χ2v) is 7.63. The van der Waals surface area contributed by atoms with Gasteiger partial charge in [0.15, 0.2) is 5.83 Å². The summed E-state index contributed by atoms with van der Waals surface area (Å²) in [5.74, 6) is -1.61. The largest absolute Gasteiger partial charge is 0.208 e. The molecule has 0 heterocycles. The van der Waals surface area contributed by atoms with Gasteiger partial charge >= 0.3 is 0 Å². The molecular formula is C25H27F3. The Bertz CT molecular complexity index is 899. The molecule has 1 fully saturated rings. The number of hydrogen-bond acceptors (Lipinski definition) is 0. The zero-order valence-corrected chi connectivity index (χ0v) is 16.4. The summed E-state index contributed by atoms with van der Waals surface area (Å²) in [6, 6.07) is 7.79. The Kier molecular flexibility index (Phi) is 6.77. The van der Waals surface area contributed by atoms with Crippen molar-refractivity contribution in [1.29, 1.82) is 0 Å². The van der Waals surface area contributed by atoms with Crippen LogP contribution in [0.1, 0.15) is 56.6 Å². The molecule has 0 aromatic heterocycles. The van der Waals surface area contributed by atoms with Gasteiger partial charge in [0.2, 0.25) is 0 Å². The molecule has 0 N–H and O–H groups in total. The van der Waals surface area contributed by atoms with Crippen LogP contribution in [0.15, 0.2) is 54.9 Å². The van der Waals surface area contributed by atoms with Crippen LogP contribution < -0.4 is 0 Å². The third-order valence-electron chi connectivity index (χ3n) is 5.85. The van der Waals surface area contributed by atoms with Gasteiger partial charge in [-0.1, -0.05) is 49.1 Å². The standard InChI is InChI=1S/C25H27F3/c1-3-5-6-7-17-8-10-19(11-9-17)24(27)25(28)21-14-15-22-20(16-21)13-12-18(4-2)23(22)26/h3-5,12-17,19H,2,6-11H2,1H3/b5-3+,25-24?. The quantitative estimate of drug-likeness (QED) is 0.439. The molecule has 0 bridgehead atoms. The maximum Gasteiger partial charge on any atom is 0.162 e. The summed E-state index contributed by atoms with van der Waals surface area (Å²) in [5, 5.41) is 0.937. The van der Waals surface area contributed by atoms with Gasteiger partial charge in [0, 0.05) is 22.4 Å². The summed E-state index contributed by atoms with van der Waals surface area (Å²) in [6.07, 6.45) is 11.1. The van der Waals surface area contributed by atoms with E-state index in [4.69, 9.17) is 0 Å². The average molecular weight is 384 g/mol. The highest BCUT2D eigenvalue weighted by molar-refractivity contribution is 5.88. The molecule has 0 amide bonds. The Morgan fingerprint density at radius 2 is 1.86 bits per heavy atom. The van der Waals surface area contributed by atoms with Crippen molar-refractivity contribution in [3.05, 3.63) is 71.8 Å². The summed E-state index contributed by atoms with van der Waals surface area (Å²) in [4.78, 5) is 0. The van der Waals surface area contributed by atoms with Crippen molar-refractivity contribution < 1.29 is 13.2 Å². The van der Waals surface area contributed by atoms with Gasteiger partial charge in [-0.05, 0) is 62.8 Å². The highest BCUT2D eigenvalue weighted by Gasteiger charge is 2.26. The van der Waals surface area contributed by atoms with Crippen LogP contribution in [0.4, 0.5) is 13.2 Å². The van der Waals surface area contributed by atoms with Crippen LogP contribution >= 0.6 is 0 Å². The zero-order chi connectivity index (χ0) is 20.1. The van der Waals surface area contributed by atoms with Crippen molar-refractivity contribution in [3.8, 4) is 0 Å². The SMILES string of the molecule is C=Cc1ccc2cc(C(F)=C(F)C3CCC(CC/C=C/C)CC3)ccc2c1F. The molecule has 0 spiro atoms. The minimum atomic E-state index is -0.813. The summed E-state index contributed by atoms with van der Waals surface area (Å²) in [7, 11) is 0. The first-order valence-electron chi connectivity index (χ1n) is 10.1. The number of benzene rings is 2. The van der Waals surface area contributed by atoms with Crippen LogP contribution in [0.2, 0.25) is 0 Å². The highest BCUT2D eigenvalue weighted by Crippen LogP contribution is 2.39. The molecule has 3 heteroatoms. The van der Waals surface area contributed by atoms with Crippen molar-refractivity contribution in [2.24, 2.45) is 11.8 Å². The maximum atomic E-state index is 14.8. The van der Waals surface area contributed by atoms with E-state index in [1.165, 1.54) is 24.3 Å². The minimum Gasteiger partial charge on any atom is -0.208 e. The van der Waals surface area contributed by atoms with Crippen molar-refractivity contribution >= 4 is 22.7 Å². The Hall–Kier alpha value is -2.29. The van der Waals surface area contributed by atoms with E-state index in [1.54, 1.807) is 12.1 Å². The second-order valence-electron chi connectivity index (χ2n) is 7.63. The molecule has 3 rings (SSSR count). The van der Waals surface area contributed by atoms with Gasteiger partial charge in [-0.3, -0.25) is 0 Å². The monoisotopic (exact) mass is 384 g/mol. The van der Waals surface area contributed by atoms with Crippen LogP contribution in [-0.4, -0.2) is 0 Å². The number of hydrogen-bond donors (Lipinski definition) is 0. The third-order valence-corrected chi connectivity index (χ3v) is 5.85.